The molecule has 3 aromatic carbocycles. The molecule has 2 unspecified atom stereocenters. The molecule has 0 saturated carbocycles. The molecular weight excluding hydrogens is 883 g/mol. The van der Waals surface area contributed by atoms with Crippen LogP contribution in [0.25, 0.3) is 11.1 Å². The number of aliphatic hydroxyl groups is 1. The molecule has 67 heavy (non-hydrogen) atoms. The molecule has 6 aliphatic heterocycles. The number of likely N-dealkylation sites (tertiary alicyclic amines) is 2. The van der Waals surface area contributed by atoms with E-state index in [4.69, 9.17) is 0 Å². The Bertz CT molecular complexity index is 2810. The second-order valence-corrected chi connectivity index (χ2v) is 19.7. The summed E-state index contributed by atoms with van der Waals surface area (Å²) in [5.74, 6) is -2.75. The number of fused-ring (bicyclic) bond motifs is 2. The fraction of sp³-hybridized carbons (Fsp3) is 0.396. The second-order valence-electron chi connectivity index (χ2n) is 18.8. The minimum Gasteiger partial charge on any atom is -0.385 e. The third-order valence-electron chi connectivity index (χ3n) is 14.4. The van der Waals surface area contributed by atoms with Gasteiger partial charge in [0.15, 0.2) is 11.2 Å². The molecule has 346 valence electrons. The zero-order valence-electron chi connectivity index (χ0n) is 36.5. The Labute approximate surface area is 388 Å². The van der Waals surface area contributed by atoms with Gasteiger partial charge in [-0.2, -0.15) is 0 Å². The van der Waals surface area contributed by atoms with Crippen LogP contribution in [-0.4, -0.2) is 116 Å². The molecule has 5 aromatic rings. The Kier molecular flexibility index (Phi) is 10.7. The van der Waals surface area contributed by atoms with Gasteiger partial charge in [0.1, 0.15) is 17.7 Å². The number of halogens is 2. The molecule has 6 aliphatic rings. The van der Waals surface area contributed by atoms with Gasteiger partial charge in [0.05, 0.1) is 30.7 Å². The van der Waals surface area contributed by atoms with Crippen molar-refractivity contribution in [3.63, 3.8) is 0 Å². The van der Waals surface area contributed by atoms with E-state index in [1.54, 1.807) is 30.0 Å². The van der Waals surface area contributed by atoms with Crippen molar-refractivity contribution in [3.05, 3.63) is 112 Å². The highest BCUT2D eigenvalue weighted by atomic mass is 32.1. The summed E-state index contributed by atoms with van der Waals surface area (Å²) in [7, 11) is 0. The molecule has 1 spiro atoms. The van der Waals surface area contributed by atoms with Crippen LogP contribution in [0, 0.1) is 17.0 Å². The van der Waals surface area contributed by atoms with Gasteiger partial charge < -0.3 is 29.7 Å². The summed E-state index contributed by atoms with van der Waals surface area (Å²) in [6.07, 6.45) is 5.95. The smallest absolute Gasteiger partial charge is 0.255 e. The van der Waals surface area contributed by atoms with Gasteiger partial charge in [0.2, 0.25) is 17.7 Å². The van der Waals surface area contributed by atoms with Crippen LogP contribution in [0.4, 0.5) is 25.3 Å². The van der Waals surface area contributed by atoms with E-state index in [1.165, 1.54) is 34.4 Å². The van der Waals surface area contributed by atoms with Crippen LogP contribution in [-0.2, 0) is 44.3 Å². The van der Waals surface area contributed by atoms with E-state index < -0.39 is 47.0 Å². The number of nitrogens with zero attached hydrogens (tertiary/aromatic N) is 7. The SMILES string of the molecule is O=C1CCC(Nc2ccc(C3(O)CCN(CC(=O)N4CC5(C4)CN(c4ccc(-c6cc(F)c7c(c6)C(=O)N(C(C(=O)Nc6nccs6)c6ncn8c6CCC8)C7)cc4)C5)CC3)c(F)c2)C(=O)N1. The number of carbonyl (C=O) groups is 5. The number of hydrogen-bond donors (Lipinski definition) is 4. The molecule has 0 radical (unpaired) electrons. The molecule has 4 saturated heterocycles. The summed E-state index contributed by atoms with van der Waals surface area (Å²) < 4.78 is 33.3. The van der Waals surface area contributed by atoms with Crippen molar-refractivity contribution in [2.75, 3.05) is 61.3 Å². The number of imide groups is 1. The summed E-state index contributed by atoms with van der Waals surface area (Å²) in [5.41, 5.74) is 3.34. The predicted molar refractivity (Wildman–Crippen MR) is 243 cm³/mol. The zero-order chi connectivity index (χ0) is 46.2. The number of anilines is 3. The van der Waals surface area contributed by atoms with E-state index in [0.29, 0.717) is 54.7 Å². The number of thiazole rings is 1. The Morgan fingerprint density at radius 1 is 0.925 bits per heavy atom. The minimum atomic E-state index is -1.39. The lowest BCUT2D eigenvalue weighted by Gasteiger charge is -2.61. The summed E-state index contributed by atoms with van der Waals surface area (Å²) in [4.78, 5) is 81.2. The third kappa shape index (κ3) is 7.91. The fourth-order valence-corrected chi connectivity index (χ4v) is 11.3. The van der Waals surface area contributed by atoms with Gasteiger partial charge in [-0.1, -0.05) is 18.2 Å². The van der Waals surface area contributed by atoms with Crippen molar-refractivity contribution in [1.82, 2.24) is 34.6 Å². The largest absolute Gasteiger partial charge is 0.385 e. The molecule has 19 heteroatoms. The topological polar surface area (TPSA) is 185 Å². The van der Waals surface area contributed by atoms with Gasteiger partial charge in [-0.05, 0) is 79.6 Å². The van der Waals surface area contributed by atoms with Crippen LogP contribution in [0.3, 0.4) is 0 Å². The Morgan fingerprint density at radius 2 is 1.72 bits per heavy atom. The highest BCUT2D eigenvalue weighted by molar-refractivity contribution is 7.13. The number of aryl methyl sites for hydroxylation is 1. The number of rotatable bonds is 11. The number of hydrogen-bond acceptors (Lipinski definition) is 12. The van der Waals surface area contributed by atoms with E-state index in [2.05, 4.69) is 30.8 Å². The first kappa shape index (κ1) is 43.0. The Morgan fingerprint density at radius 3 is 2.45 bits per heavy atom. The average molecular weight is 931 g/mol. The molecular formula is C48H48F2N10O6S. The molecule has 8 heterocycles. The van der Waals surface area contributed by atoms with Gasteiger partial charge in [0.25, 0.3) is 11.8 Å². The molecule has 2 aromatic heterocycles. The van der Waals surface area contributed by atoms with E-state index in [0.717, 1.165) is 49.4 Å². The molecule has 2 atom stereocenters. The maximum atomic E-state index is 15.9. The molecule has 5 amide bonds. The van der Waals surface area contributed by atoms with Crippen molar-refractivity contribution < 1.29 is 37.9 Å². The summed E-state index contributed by atoms with van der Waals surface area (Å²) in [6.45, 7) is 4.66. The van der Waals surface area contributed by atoms with Crippen molar-refractivity contribution in [3.8, 4) is 11.1 Å². The van der Waals surface area contributed by atoms with E-state index in [1.807, 2.05) is 38.6 Å². The predicted octanol–water partition coefficient (Wildman–Crippen LogP) is 4.42. The minimum absolute atomic E-state index is 0.00822. The number of piperidine rings is 2. The fourth-order valence-electron chi connectivity index (χ4n) is 10.8. The first-order chi connectivity index (χ1) is 32.3. The van der Waals surface area contributed by atoms with Crippen molar-refractivity contribution in [1.29, 1.82) is 0 Å². The lowest BCUT2D eigenvalue weighted by atomic mass is 9.72. The number of carbonyl (C=O) groups excluding carboxylic acids is 5. The van der Waals surface area contributed by atoms with Gasteiger partial charge in [-0.25, -0.2) is 18.7 Å². The van der Waals surface area contributed by atoms with Gasteiger partial charge in [0, 0.05) is 103 Å². The van der Waals surface area contributed by atoms with Crippen LogP contribution in [0.15, 0.2) is 72.5 Å². The highest BCUT2D eigenvalue weighted by Crippen LogP contribution is 2.44. The quantitative estimate of drug-likeness (QED) is 0.138. The Hall–Kier alpha value is -6.57. The van der Waals surface area contributed by atoms with Crippen LogP contribution in [0.5, 0.6) is 0 Å². The normalized spacial score (nSPS) is 21.1. The second kappa shape index (κ2) is 16.6. The van der Waals surface area contributed by atoms with Crippen LogP contribution >= 0.6 is 11.3 Å². The summed E-state index contributed by atoms with van der Waals surface area (Å²) in [5, 5.41) is 21.7. The van der Waals surface area contributed by atoms with Crippen molar-refractivity contribution in [2.45, 2.75) is 69.3 Å². The maximum Gasteiger partial charge on any atom is 0.255 e. The van der Waals surface area contributed by atoms with Crippen molar-refractivity contribution in [2.24, 2.45) is 5.41 Å². The van der Waals surface area contributed by atoms with Crippen LogP contribution in [0.1, 0.15) is 71.0 Å². The summed E-state index contributed by atoms with van der Waals surface area (Å²) in [6, 6.07) is 13.7. The van der Waals surface area contributed by atoms with Gasteiger partial charge in [-0.15, -0.1) is 11.3 Å². The molecule has 4 N–H and O–H groups in total. The average Bonchev–Trinajstić information content (AvgIpc) is 4.10. The number of benzene rings is 3. The number of aromatic nitrogens is 3. The first-order valence-corrected chi connectivity index (χ1v) is 23.6. The number of nitrogens with one attached hydrogen (secondary N) is 3. The molecule has 0 bridgehead atoms. The number of imidazole rings is 1. The molecule has 11 rings (SSSR count). The van der Waals surface area contributed by atoms with Gasteiger partial charge in [-0.3, -0.25) is 39.5 Å². The van der Waals surface area contributed by atoms with E-state index in [9.17, 15) is 29.1 Å². The van der Waals surface area contributed by atoms with E-state index in [-0.39, 0.29) is 66.3 Å². The van der Waals surface area contributed by atoms with Crippen molar-refractivity contribution >= 4 is 57.4 Å². The van der Waals surface area contributed by atoms with Crippen LogP contribution in [0.2, 0.25) is 0 Å². The highest BCUT2D eigenvalue weighted by Gasteiger charge is 2.53. The standard InChI is InChI=1S/C48H48F2N10O6S/c49-35-19-29(18-32-33(35)21-60(45(32)65)42(44(64)55-46-51-13-17-67-46)41-38-2-1-14-57(38)27-52-41)28-3-6-31(7-4-28)58-23-47(24-58)25-59(26-47)40(62)22-56-15-11-48(66,12-16-56)34-8-5-30(20-36(34)50)53-37-9-10-39(61)54-43(37)63/h3-8,13,17-20,27,37,42,53,66H,1-2,9-12,14-16,21-26H2,(H,51,55,64)(H,54,61,63). The molecule has 4 fully saturated rings. The van der Waals surface area contributed by atoms with E-state index >= 15 is 8.78 Å². The number of amides is 5. The molecule has 0 aliphatic carbocycles. The van der Waals surface area contributed by atoms with Gasteiger partial charge >= 0.3 is 0 Å². The first-order valence-electron chi connectivity index (χ1n) is 22.7. The monoisotopic (exact) mass is 930 g/mol. The maximum absolute atomic E-state index is 15.9. The lowest BCUT2D eigenvalue weighted by Crippen LogP contribution is -2.73. The summed E-state index contributed by atoms with van der Waals surface area (Å²) >= 11 is 1.27. The van der Waals surface area contributed by atoms with Crippen LogP contribution < -0.4 is 20.9 Å². The zero-order valence-corrected chi connectivity index (χ0v) is 37.3. The molecule has 16 nitrogen and oxygen atoms in total. The Balaban J connectivity index is 0.672. The lowest BCUT2D eigenvalue weighted by molar-refractivity contribution is -0.147. The third-order valence-corrected chi connectivity index (χ3v) is 15.1.